The van der Waals surface area contributed by atoms with Gasteiger partial charge in [-0.1, -0.05) is 58.3 Å². The topological polar surface area (TPSA) is 117 Å². The van der Waals surface area contributed by atoms with Gasteiger partial charge in [0, 0.05) is 12.8 Å². The Balaban J connectivity index is 1.71. The molecule has 1 fully saturated rings. The SMILES string of the molecule is C#C[C@]1(CC)O[C@@H](n2cnc3c(NC(=O)OCC)nc(F)nc32)C[C@@H]1OC(=O)CCCCCCCCC. The van der Waals surface area contributed by atoms with Crippen LogP contribution in [0, 0.1) is 18.4 Å². The number of carbonyl (C=O) groups is 2. The van der Waals surface area contributed by atoms with Crippen molar-refractivity contribution in [3.8, 4) is 12.3 Å². The van der Waals surface area contributed by atoms with Gasteiger partial charge in [-0.15, -0.1) is 6.42 Å². The van der Waals surface area contributed by atoms with Crippen molar-refractivity contribution in [1.82, 2.24) is 19.5 Å². The first kappa shape index (κ1) is 28.3. The van der Waals surface area contributed by atoms with Crippen LogP contribution in [0.15, 0.2) is 6.33 Å². The number of anilines is 1. The van der Waals surface area contributed by atoms with Crippen molar-refractivity contribution in [2.24, 2.45) is 0 Å². The van der Waals surface area contributed by atoms with Crippen LogP contribution in [-0.4, -0.2) is 49.9 Å². The molecule has 1 saturated heterocycles. The van der Waals surface area contributed by atoms with Crippen LogP contribution in [0.1, 0.15) is 91.2 Å². The summed E-state index contributed by atoms with van der Waals surface area (Å²) in [4.78, 5) is 36.2. The molecule has 3 atom stereocenters. The number of nitrogens with one attached hydrogen (secondary N) is 1. The molecule has 10 nitrogen and oxygen atoms in total. The molecule has 0 unspecified atom stereocenters. The average molecular weight is 518 g/mol. The highest BCUT2D eigenvalue weighted by Gasteiger charge is 2.50. The third-order valence-corrected chi connectivity index (χ3v) is 6.51. The van der Waals surface area contributed by atoms with Crippen LogP contribution in [0.4, 0.5) is 15.0 Å². The maximum atomic E-state index is 14.2. The van der Waals surface area contributed by atoms with E-state index in [0.717, 1.165) is 19.3 Å². The first-order valence-electron chi connectivity index (χ1n) is 13.1. The molecule has 2 aromatic heterocycles. The summed E-state index contributed by atoms with van der Waals surface area (Å²) in [6.45, 7) is 5.82. The summed E-state index contributed by atoms with van der Waals surface area (Å²) in [7, 11) is 0. The fourth-order valence-electron chi connectivity index (χ4n) is 4.49. The van der Waals surface area contributed by atoms with E-state index in [1.807, 2.05) is 6.92 Å². The van der Waals surface area contributed by atoms with Gasteiger partial charge in [-0.2, -0.15) is 14.4 Å². The zero-order valence-electron chi connectivity index (χ0n) is 21.8. The highest BCUT2D eigenvalue weighted by Crippen LogP contribution is 2.42. The van der Waals surface area contributed by atoms with E-state index < -0.39 is 30.1 Å². The number of imidazole rings is 1. The van der Waals surface area contributed by atoms with E-state index in [4.69, 9.17) is 20.6 Å². The predicted molar refractivity (Wildman–Crippen MR) is 135 cm³/mol. The van der Waals surface area contributed by atoms with Gasteiger partial charge in [-0.05, 0) is 19.8 Å². The summed E-state index contributed by atoms with van der Waals surface area (Å²) >= 11 is 0. The molecule has 0 aliphatic carbocycles. The number of carbonyl (C=O) groups excluding carboxylic acids is 2. The Bertz CT molecular complexity index is 1120. The van der Waals surface area contributed by atoms with E-state index in [1.54, 1.807) is 6.92 Å². The third kappa shape index (κ3) is 6.95. The summed E-state index contributed by atoms with van der Waals surface area (Å²) in [5, 5.41) is 2.37. The quantitative estimate of drug-likeness (QED) is 0.165. The lowest BCUT2D eigenvalue weighted by atomic mass is 9.94. The van der Waals surface area contributed by atoms with Crippen LogP contribution in [0.5, 0.6) is 0 Å². The van der Waals surface area contributed by atoms with E-state index in [2.05, 4.69) is 33.1 Å². The van der Waals surface area contributed by atoms with Gasteiger partial charge in [0.15, 0.2) is 22.6 Å². The first-order chi connectivity index (χ1) is 17.9. The minimum Gasteiger partial charge on any atom is -0.458 e. The van der Waals surface area contributed by atoms with Crippen LogP contribution in [0.25, 0.3) is 11.2 Å². The van der Waals surface area contributed by atoms with Gasteiger partial charge in [0.1, 0.15) is 12.3 Å². The van der Waals surface area contributed by atoms with Crippen LogP contribution in [0.2, 0.25) is 0 Å². The summed E-state index contributed by atoms with van der Waals surface area (Å²) in [6, 6.07) is 0. The van der Waals surface area contributed by atoms with Crippen molar-refractivity contribution in [2.75, 3.05) is 11.9 Å². The van der Waals surface area contributed by atoms with E-state index in [9.17, 15) is 14.0 Å². The molecule has 0 spiro atoms. The second kappa shape index (κ2) is 13.3. The normalized spacial score (nSPS) is 21.1. The monoisotopic (exact) mass is 517 g/mol. The number of fused-ring (bicyclic) bond motifs is 1. The molecule has 1 N–H and O–H groups in total. The van der Waals surface area contributed by atoms with Gasteiger partial charge in [0.2, 0.25) is 0 Å². The Morgan fingerprint density at radius 3 is 2.62 bits per heavy atom. The van der Waals surface area contributed by atoms with Crippen LogP contribution >= 0.6 is 0 Å². The lowest BCUT2D eigenvalue weighted by Gasteiger charge is -2.27. The minimum atomic E-state index is -1.14. The predicted octanol–water partition coefficient (Wildman–Crippen LogP) is 5.29. The van der Waals surface area contributed by atoms with Crippen molar-refractivity contribution < 1.29 is 28.2 Å². The largest absolute Gasteiger partial charge is 0.458 e. The van der Waals surface area contributed by atoms with Gasteiger partial charge in [-0.3, -0.25) is 14.7 Å². The standard InChI is InChI=1S/C26H36FN5O5/c1-5-9-10-11-12-13-14-15-20(33)36-18-16-19(37-26(18,6-2)7-3)32-17-28-21-22(30-25(34)35-8-4)29-24(27)31-23(21)32/h2,17-19H,5,7-16H2,1,3-4H3,(H,29,30,31,34)/t18-,19+,26+/m0/s1. The first-order valence-corrected chi connectivity index (χ1v) is 13.1. The molecule has 3 rings (SSSR count). The molecule has 0 radical (unpaired) electrons. The number of esters is 1. The molecule has 1 aliphatic rings. The number of ether oxygens (including phenoxy) is 3. The Morgan fingerprint density at radius 2 is 1.95 bits per heavy atom. The van der Waals surface area contributed by atoms with Gasteiger partial charge in [0.05, 0.1) is 12.9 Å². The van der Waals surface area contributed by atoms with E-state index in [0.29, 0.717) is 12.8 Å². The number of amides is 1. The number of hydrogen-bond acceptors (Lipinski definition) is 8. The van der Waals surface area contributed by atoms with Gasteiger partial charge < -0.3 is 14.2 Å². The number of nitrogens with zero attached hydrogens (tertiary/aromatic N) is 4. The van der Waals surface area contributed by atoms with E-state index in [1.165, 1.54) is 36.6 Å². The number of hydrogen-bond donors (Lipinski definition) is 1. The van der Waals surface area contributed by atoms with Crippen LogP contribution < -0.4 is 5.32 Å². The van der Waals surface area contributed by atoms with Crippen molar-refractivity contribution in [3.63, 3.8) is 0 Å². The molecule has 3 heterocycles. The van der Waals surface area contributed by atoms with E-state index >= 15 is 0 Å². The zero-order chi connectivity index (χ0) is 26.8. The van der Waals surface area contributed by atoms with Crippen molar-refractivity contribution >= 4 is 29.0 Å². The minimum absolute atomic E-state index is 0.0985. The molecular formula is C26H36FN5O5. The van der Waals surface area contributed by atoms with E-state index in [-0.39, 0.29) is 36.0 Å². The number of halogens is 1. The Morgan fingerprint density at radius 1 is 1.22 bits per heavy atom. The maximum absolute atomic E-state index is 14.2. The zero-order valence-corrected chi connectivity index (χ0v) is 21.8. The van der Waals surface area contributed by atoms with Crippen molar-refractivity contribution in [2.45, 2.75) is 103 Å². The smallest absolute Gasteiger partial charge is 0.412 e. The summed E-state index contributed by atoms with van der Waals surface area (Å²) < 4.78 is 32.6. The van der Waals surface area contributed by atoms with Crippen LogP contribution in [-0.2, 0) is 19.0 Å². The van der Waals surface area contributed by atoms with Gasteiger partial charge in [0.25, 0.3) is 0 Å². The number of rotatable bonds is 13. The Kier molecular flexibility index (Phi) is 10.2. The van der Waals surface area contributed by atoms with Gasteiger partial charge in [-0.25, -0.2) is 9.78 Å². The molecule has 11 heteroatoms. The number of terminal acetylenes is 1. The highest BCUT2D eigenvalue weighted by molar-refractivity contribution is 5.93. The van der Waals surface area contributed by atoms with Crippen LogP contribution in [0.3, 0.4) is 0 Å². The number of aromatic nitrogens is 4. The Hall–Kier alpha value is -3.26. The molecular weight excluding hydrogens is 481 g/mol. The second-order valence-electron chi connectivity index (χ2n) is 9.06. The Labute approximate surface area is 216 Å². The molecule has 0 aromatic carbocycles. The molecule has 1 aliphatic heterocycles. The lowest BCUT2D eigenvalue weighted by Crippen LogP contribution is -2.40. The molecule has 0 saturated carbocycles. The number of unbranched alkanes of at least 4 members (excludes halogenated alkanes) is 6. The fourth-order valence-corrected chi connectivity index (χ4v) is 4.49. The molecule has 2 aromatic rings. The third-order valence-electron chi connectivity index (χ3n) is 6.51. The lowest BCUT2D eigenvalue weighted by molar-refractivity contribution is -0.156. The highest BCUT2D eigenvalue weighted by atomic mass is 19.1. The fraction of sp³-hybridized carbons (Fsp3) is 0.654. The summed E-state index contributed by atoms with van der Waals surface area (Å²) in [5.74, 6) is 2.22. The molecule has 0 bridgehead atoms. The molecule has 37 heavy (non-hydrogen) atoms. The maximum Gasteiger partial charge on any atom is 0.412 e. The summed E-state index contributed by atoms with van der Waals surface area (Å²) in [6.07, 6.45) is 12.6. The average Bonchev–Trinajstić information content (AvgIpc) is 3.45. The van der Waals surface area contributed by atoms with Crippen molar-refractivity contribution in [1.29, 1.82) is 0 Å². The molecule has 1 amide bonds. The molecule has 202 valence electrons. The summed E-state index contributed by atoms with van der Waals surface area (Å²) in [5.41, 5.74) is -0.893. The van der Waals surface area contributed by atoms with Crippen molar-refractivity contribution in [3.05, 3.63) is 12.4 Å². The second-order valence-corrected chi connectivity index (χ2v) is 9.06. The van der Waals surface area contributed by atoms with Gasteiger partial charge >= 0.3 is 18.1 Å².